The van der Waals surface area contributed by atoms with Crippen molar-refractivity contribution in [1.29, 1.82) is 0 Å². The van der Waals surface area contributed by atoms with Gasteiger partial charge in [0.1, 0.15) is 0 Å². The Kier molecular flexibility index (Phi) is 5.29. The van der Waals surface area contributed by atoms with Gasteiger partial charge in [0.05, 0.1) is 14.4 Å². The lowest BCUT2D eigenvalue weighted by molar-refractivity contribution is 0.0927. The van der Waals surface area contributed by atoms with E-state index in [1.165, 1.54) is 18.6 Å². The molecule has 1 amide bonds. The molecule has 0 radical (unpaired) electrons. The predicted octanol–water partition coefficient (Wildman–Crippen LogP) is 2.81. The van der Waals surface area contributed by atoms with E-state index in [9.17, 15) is 13.2 Å². The topological polar surface area (TPSA) is 89.3 Å². The average molecular weight is 396 g/mol. The van der Waals surface area contributed by atoms with Gasteiger partial charge in [-0.25, -0.2) is 13.6 Å². The SMILES string of the molecule is NS(=O)(=O)c1cc(C(=O)NC2CCCCC2)cc(Cl)c1Br. The molecule has 0 spiro atoms. The first-order valence-electron chi connectivity index (χ1n) is 6.62. The number of benzene rings is 1. The number of hydrogen-bond donors (Lipinski definition) is 2. The van der Waals surface area contributed by atoms with Gasteiger partial charge in [-0.3, -0.25) is 4.79 Å². The van der Waals surface area contributed by atoms with Crippen molar-refractivity contribution in [3.8, 4) is 0 Å². The molecule has 1 saturated carbocycles. The molecule has 5 nitrogen and oxygen atoms in total. The molecule has 0 unspecified atom stereocenters. The quantitative estimate of drug-likeness (QED) is 0.824. The van der Waals surface area contributed by atoms with Crippen molar-refractivity contribution >= 4 is 43.5 Å². The van der Waals surface area contributed by atoms with Crippen molar-refractivity contribution in [2.75, 3.05) is 0 Å². The number of sulfonamides is 1. The van der Waals surface area contributed by atoms with E-state index in [1.807, 2.05) is 0 Å². The van der Waals surface area contributed by atoms with Crippen molar-refractivity contribution in [3.05, 3.63) is 27.2 Å². The maximum absolute atomic E-state index is 12.2. The summed E-state index contributed by atoms with van der Waals surface area (Å²) >= 11 is 9.04. The van der Waals surface area contributed by atoms with Crippen LogP contribution in [0.3, 0.4) is 0 Å². The largest absolute Gasteiger partial charge is 0.349 e. The zero-order chi connectivity index (χ0) is 15.6. The third-order valence-electron chi connectivity index (χ3n) is 3.50. The molecular weight excluding hydrogens is 380 g/mol. The van der Waals surface area contributed by atoms with E-state index in [4.69, 9.17) is 16.7 Å². The maximum atomic E-state index is 12.2. The number of carbonyl (C=O) groups is 1. The molecule has 2 rings (SSSR count). The molecule has 0 atom stereocenters. The second kappa shape index (κ2) is 6.64. The predicted molar refractivity (Wildman–Crippen MR) is 84.9 cm³/mol. The lowest BCUT2D eigenvalue weighted by Gasteiger charge is -2.23. The molecule has 21 heavy (non-hydrogen) atoms. The average Bonchev–Trinajstić information content (AvgIpc) is 2.41. The van der Waals surface area contributed by atoms with Crippen LogP contribution in [0.2, 0.25) is 5.02 Å². The number of primary sulfonamides is 1. The van der Waals surface area contributed by atoms with Crippen LogP contribution < -0.4 is 10.5 Å². The summed E-state index contributed by atoms with van der Waals surface area (Å²) in [5, 5.41) is 8.18. The highest BCUT2D eigenvalue weighted by Gasteiger charge is 2.21. The van der Waals surface area contributed by atoms with Gasteiger partial charge in [-0.2, -0.15) is 0 Å². The normalized spacial score (nSPS) is 16.7. The summed E-state index contributed by atoms with van der Waals surface area (Å²) in [7, 11) is -3.96. The molecule has 0 bridgehead atoms. The Morgan fingerprint density at radius 2 is 1.90 bits per heavy atom. The van der Waals surface area contributed by atoms with Crippen LogP contribution in [-0.2, 0) is 10.0 Å². The van der Waals surface area contributed by atoms with Gasteiger partial charge in [-0.1, -0.05) is 30.9 Å². The van der Waals surface area contributed by atoms with E-state index in [0.717, 1.165) is 25.7 Å². The van der Waals surface area contributed by atoms with E-state index in [1.54, 1.807) is 0 Å². The second-order valence-corrected chi connectivity index (χ2v) is 7.85. The maximum Gasteiger partial charge on any atom is 0.251 e. The van der Waals surface area contributed by atoms with Crippen molar-refractivity contribution in [2.24, 2.45) is 5.14 Å². The molecule has 0 aliphatic heterocycles. The van der Waals surface area contributed by atoms with Crippen molar-refractivity contribution in [3.63, 3.8) is 0 Å². The molecule has 8 heteroatoms. The van der Waals surface area contributed by atoms with E-state index in [0.29, 0.717) is 0 Å². The molecule has 1 aromatic rings. The van der Waals surface area contributed by atoms with Gasteiger partial charge in [-0.05, 0) is 40.9 Å². The summed E-state index contributed by atoms with van der Waals surface area (Å²) in [5.74, 6) is -0.332. The third kappa shape index (κ3) is 4.18. The van der Waals surface area contributed by atoms with Crippen molar-refractivity contribution < 1.29 is 13.2 Å². The number of hydrogen-bond acceptors (Lipinski definition) is 3. The van der Waals surface area contributed by atoms with Gasteiger partial charge in [0, 0.05) is 11.6 Å². The standard InChI is InChI=1S/C13H16BrClN2O3S/c14-12-10(15)6-8(7-11(12)21(16,19)20)13(18)17-9-4-2-1-3-5-9/h6-7,9H,1-5H2,(H,17,18)(H2,16,19,20). The Balaban J connectivity index is 2.27. The minimum Gasteiger partial charge on any atom is -0.349 e. The van der Waals surface area contributed by atoms with Gasteiger partial charge in [0.2, 0.25) is 10.0 Å². The molecule has 1 fully saturated rings. The monoisotopic (exact) mass is 394 g/mol. The summed E-state index contributed by atoms with van der Waals surface area (Å²) in [6.45, 7) is 0. The Morgan fingerprint density at radius 3 is 2.48 bits per heavy atom. The number of carbonyl (C=O) groups excluding carboxylic acids is 1. The van der Waals surface area contributed by atoms with E-state index in [2.05, 4.69) is 21.2 Å². The van der Waals surface area contributed by atoms with Gasteiger partial charge in [-0.15, -0.1) is 0 Å². The van der Waals surface area contributed by atoms with E-state index >= 15 is 0 Å². The van der Waals surface area contributed by atoms with Crippen LogP contribution in [0.15, 0.2) is 21.5 Å². The second-order valence-electron chi connectivity index (χ2n) is 5.12. The minimum absolute atomic E-state index is 0.131. The first-order valence-corrected chi connectivity index (χ1v) is 9.33. The summed E-state index contributed by atoms with van der Waals surface area (Å²) in [4.78, 5) is 12.0. The van der Waals surface area contributed by atoms with Crippen LogP contribution >= 0.6 is 27.5 Å². The van der Waals surface area contributed by atoms with Gasteiger partial charge in [0.25, 0.3) is 5.91 Å². The highest BCUT2D eigenvalue weighted by Crippen LogP contribution is 2.30. The first kappa shape index (κ1) is 16.7. The Morgan fingerprint density at radius 1 is 1.29 bits per heavy atom. The third-order valence-corrected chi connectivity index (χ3v) is 6.08. The molecule has 1 aliphatic carbocycles. The van der Waals surface area contributed by atoms with Crippen LogP contribution in [0.4, 0.5) is 0 Å². The Bertz CT molecular complexity index is 658. The van der Waals surface area contributed by atoms with Crippen LogP contribution in [0.1, 0.15) is 42.5 Å². The highest BCUT2D eigenvalue weighted by molar-refractivity contribution is 9.10. The van der Waals surface area contributed by atoms with Crippen LogP contribution in [0.25, 0.3) is 0 Å². The molecular formula is C13H16BrClN2O3S. The number of halogens is 2. The molecule has 0 heterocycles. The van der Waals surface area contributed by atoms with E-state index in [-0.39, 0.29) is 31.9 Å². The summed E-state index contributed by atoms with van der Waals surface area (Å²) in [5.41, 5.74) is 0.192. The number of rotatable bonds is 3. The first-order chi connectivity index (χ1) is 9.79. The van der Waals surface area contributed by atoms with Crippen molar-refractivity contribution in [1.82, 2.24) is 5.32 Å². The van der Waals surface area contributed by atoms with Crippen LogP contribution in [0, 0.1) is 0 Å². The van der Waals surface area contributed by atoms with Gasteiger partial charge < -0.3 is 5.32 Å². The smallest absolute Gasteiger partial charge is 0.251 e. The number of nitrogens with two attached hydrogens (primary N) is 1. The van der Waals surface area contributed by atoms with Crippen molar-refractivity contribution in [2.45, 2.75) is 43.0 Å². The lowest BCUT2D eigenvalue weighted by Crippen LogP contribution is -2.36. The fourth-order valence-electron chi connectivity index (χ4n) is 2.42. The molecule has 1 aromatic carbocycles. The van der Waals surface area contributed by atoms with Crippen LogP contribution in [0.5, 0.6) is 0 Å². The molecule has 1 aliphatic rings. The molecule has 0 saturated heterocycles. The zero-order valence-corrected chi connectivity index (χ0v) is 14.4. The molecule has 116 valence electrons. The Hall–Kier alpha value is -0.630. The van der Waals surface area contributed by atoms with Crippen LogP contribution in [-0.4, -0.2) is 20.4 Å². The summed E-state index contributed by atoms with van der Waals surface area (Å²) in [6, 6.07) is 2.80. The number of nitrogens with one attached hydrogen (secondary N) is 1. The minimum atomic E-state index is -3.96. The summed E-state index contributed by atoms with van der Waals surface area (Å²) < 4.78 is 23.2. The van der Waals surface area contributed by atoms with Gasteiger partial charge >= 0.3 is 0 Å². The molecule has 0 aromatic heterocycles. The lowest BCUT2D eigenvalue weighted by atomic mass is 9.95. The fourth-order valence-corrected chi connectivity index (χ4v) is 4.25. The zero-order valence-electron chi connectivity index (χ0n) is 11.2. The highest BCUT2D eigenvalue weighted by atomic mass is 79.9. The molecule has 3 N–H and O–H groups in total. The van der Waals surface area contributed by atoms with E-state index < -0.39 is 10.0 Å². The number of amides is 1. The summed E-state index contributed by atoms with van der Waals surface area (Å²) in [6.07, 6.45) is 5.26. The van der Waals surface area contributed by atoms with Gasteiger partial charge in [0.15, 0.2) is 0 Å². The fraction of sp³-hybridized carbons (Fsp3) is 0.462. The Labute approximate surface area is 137 Å².